The lowest BCUT2D eigenvalue weighted by Crippen LogP contribution is -1.86. The summed E-state index contributed by atoms with van der Waals surface area (Å²) in [5.41, 5.74) is 3.24. The van der Waals surface area contributed by atoms with Gasteiger partial charge in [0, 0.05) is 6.08 Å². The number of aryl methyl sites for hydroxylation is 1. The number of nitrogens with one attached hydrogen (secondary N) is 1. The molecule has 0 saturated carbocycles. The molecule has 0 bridgehead atoms. The highest BCUT2D eigenvalue weighted by molar-refractivity contribution is 5.84. The molecule has 2 aromatic rings. The molecule has 0 aliphatic heterocycles. The first kappa shape index (κ1) is 13.1. The normalized spacial score (nSPS) is 11.0. The van der Waals surface area contributed by atoms with E-state index >= 15 is 0 Å². The van der Waals surface area contributed by atoms with Crippen molar-refractivity contribution >= 4 is 12.0 Å². The fourth-order valence-corrected chi connectivity index (χ4v) is 1.86. The zero-order valence-corrected chi connectivity index (χ0v) is 10.8. The minimum Gasteiger partial charge on any atom is -0.478 e. The van der Waals surface area contributed by atoms with Crippen LogP contribution in [0.5, 0.6) is 0 Å². The van der Waals surface area contributed by atoms with Gasteiger partial charge in [-0.1, -0.05) is 37.6 Å². The largest absolute Gasteiger partial charge is 0.478 e. The lowest BCUT2D eigenvalue weighted by Gasteiger charge is -2.00. The van der Waals surface area contributed by atoms with Gasteiger partial charge >= 0.3 is 5.97 Å². The summed E-state index contributed by atoms with van der Waals surface area (Å²) in [7, 11) is 0. The molecule has 2 N–H and O–H groups in total. The number of hydrogen-bond acceptors (Lipinski definition) is 2. The van der Waals surface area contributed by atoms with Crippen LogP contribution in [0.25, 0.3) is 17.3 Å². The van der Waals surface area contributed by atoms with E-state index in [1.165, 1.54) is 11.6 Å². The van der Waals surface area contributed by atoms with Crippen LogP contribution in [0.1, 0.15) is 24.7 Å². The Hall–Kier alpha value is -2.36. The van der Waals surface area contributed by atoms with Crippen molar-refractivity contribution < 1.29 is 9.90 Å². The van der Waals surface area contributed by atoms with Gasteiger partial charge in [-0.3, -0.25) is 0 Å². The molecule has 2 rings (SSSR count). The third-order valence-corrected chi connectivity index (χ3v) is 2.78. The Labute approximate surface area is 111 Å². The highest BCUT2D eigenvalue weighted by Gasteiger charge is 2.02. The zero-order chi connectivity index (χ0) is 13.7. The Morgan fingerprint density at radius 3 is 2.74 bits per heavy atom. The average molecular weight is 256 g/mol. The molecule has 4 nitrogen and oxygen atoms in total. The van der Waals surface area contributed by atoms with Gasteiger partial charge < -0.3 is 10.1 Å². The van der Waals surface area contributed by atoms with E-state index < -0.39 is 5.97 Å². The van der Waals surface area contributed by atoms with Crippen LogP contribution >= 0.6 is 0 Å². The fourth-order valence-electron chi connectivity index (χ4n) is 1.86. The van der Waals surface area contributed by atoms with Gasteiger partial charge in [0.15, 0.2) is 0 Å². The third-order valence-electron chi connectivity index (χ3n) is 2.78. The Bertz CT molecular complexity index is 582. The number of benzene rings is 1. The minimum atomic E-state index is -0.984. The number of nitrogens with zero attached hydrogens (tertiary/aromatic N) is 1. The number of hydrogen-bond donors (Lipinski definition) is 2. The lowest BCUT2D eigenvalue weighted by atomic mass is 10.1. The molecule has 0 amide bonds. The molecule has 0 unspecified atom stereocenters. The van der Waals surface area contributed by atoms with Crippen LogP contribution in [0, 0.1) is 0 Å². The quantitative estimate of drug-likeness (QED) is 0.808. The van der Waals surface area contributed by atoms with Gasteiger partial charge in [0.05, 0.1) is 11.9 Å². The fraction of sp³-hybridized carbons (Fsp3) is 0.200. The molecule has 1 heterocycles. The lowest BCUT2D eigenvalue weighted by molar-refractivity contribution is -0.131. The van der Waals surface area contributed by atoms with Crippen molar-refractivity contribution in [3.05, 3.63) is 47.9 Å². The molecule has 0 atom stereocenters. The number of aromatic amines is 1. The highest BCUT2D eigenvalue weighted by Crippen LogP contribution is 2.18. The van der Waals surface area contributed by atoms with Crippen molar-refractivity contribution in [2.24, 2.45) is 0 Å². The number of carbonyl (C=O) groups is 1. The van der Waals surface area contributed by atoms with Crippen molar-refractivity contribution in [1.29, 1.82) is 0 Å². The number of aliphatic carboxylic acids is 1. The second-order valence-corrected chi connectivity index (χ2v) is 4.30. The van der Waals surface area contributed by atoms with Crippen molar-refractivity contribution in [3.63, 3.8) is 0 Å². The van der Waals surface area contributed by atoms with E-state index in [1.54, 1.807) is 6.20 Å². The van der Waals surface area contributed by atoms with Gasteiger partial charge in [-0.15, -0.1) is 0 Å². The van der Waals surface area contributed by atoms with Crippen LogP contribution in [0.15, 0.2) is 36.5 Å². The first-order valence-corrected chi connectivity index (χ1v) is 6.24. The molecule has 0 aliphatic rings. The van der Waals surface area contributed by atoms with Gasteiger partial charge in [0.25, 0.3) is 0 Å². The molecule has 0 fully saturated rings. The van der Waals surface area contributed by atoms with E-state index in [2.05, 4.69) is 29.0 Å². The number of rotatable bonds is 5. The van der Waals surface area contributed by atoms with Crippen LogP contribution in [-0.2, 0) is 11.2 Å². The van der Waals surface area contributed by atoms with E-state index in [1.807, 2.05) is 12.1 Å². The molecule has 4 heteroatoms. The van der Waals surface area contributed by atoms with Gasteiger partial charge in [-0.05, 0) is 23.6 Å². The van der Waals surface area contributed by atoms with E-state index in [9.17, 15) is 4.79 Å². The maximum Gasteiger partial charge on any atom is 0.328 e. The van der Waals surface area contributed by atoms with E-state index in [0.717, 1.165) is 30.2 Å². The van der Waals surface area contributed by atoms with Crippen LogP contribution in [-0.4, -0.2) is 21.0 Å². The molecular weight excluding hydrogens is 240 g/mol. The Balaban J connectivity index is 2.15. The standard InChI is InChI=1S/C15H16N2O2/c1-2-3-11-4-6-12(7-5-11)13-10-16-14(17-13)8-9-15(18)19/h4-10H,2-3H2,1H3,(H,16,17)(H,18,19)/b9-8+. The van der Waals surface area contributed by atoms with Crippen molar-refractivity contribution in [1.82, 2.24) is 9.97 Å². The van der Waals surface area contributed by atoms with Gasteiger partial charge in [0.2, 0.25) is 0 Å². The Morgan fingerprint density at radius 1 is 1.37 bits per heavy atom. The van der Waals surface area contributed by atoms with Gasteiger partial charge in [-0.2, -0.15) is 0 Å². The smallest absolute Gasteiger partial charge is 0.328 e. The molecule has 98 valence electrons. The molecule has 0 radical (unpaired) electrons. The zero-order valence-electron chi connectivity index (χ0n) is 10.8. The first-order valence-electron chi connectivity index (χ1n) is 6.24. The summed E-state index contributed by atoms with van der Waals surface area (Å²) in [4.78, 5) is 17.6. The monoisotopic (exact) mass is 256 g/mol. The second kappa shape index (κ2) is 6.00. The van der Waals surface area contributed by atoms with E-state index in [0.29, 0.717) is 5.82 Å². The molecule has 0 aliphatic carbocycles. The topological polar surface area (TPSA) is 66.0 Å². The van der Waals surface area contributed by atoms with E-state index in [4.69, 9.17) is 5.11 Å². The van der Waals surface area contributed by atoms with Crippen LogP contribution < -0.4 is 0 Å². The third kappa shape index (κ3) is 3.55. The summed E-state index contributed by atoms with van der Waals surface area (Å²) in [5, 5.41) is 8.55. The number of carboxylic acids is 1. The van der Waals surface area contributed by atoms with Crippen molar-refractivity contribution in [2.75, 3.05) is 0 Å². The molecule has 1 aromatic heterocycles. The maximum absolute atomic E-state index is 10.4. The second-order valence-electron chi connectivity index (χ2n) is 4.30. The molecule has 0 spiro atoms. The van der Waals surface area contributed by atoms with E-state index in [-0.39, 0.29) is 0 Å². The van der Waals surface area contributed by atoms with Gasteiger partial charge in [0.1, 0.15) is 5.82 Å². The summed E-state index contributed by atoms with van der Waals surface area (Å²) in [5.74, 6) is -0.447. The summed E-state index contributed by atoms with van der Waals surface area (Å²) < 4.78 is 0. The highest BCUT2D eigenvalue weighted by atomic mass is 16.4. The Morgan fingerprint density at radius 2 is 2.11 bits per heavy atom. The summed E-state index contributed by atoms with van der Waals surface area (Å²) in [6, 6.07) is 8.30. The molecular formula is C15H16N2O2. The SMILES string of the molecule is CCCc1ccc(-c2cnc(/C=C/C(=O)O)[nH]2)cc1. The number of aromatic nitrogens is 2. The maximum atomic E-state index is 10.4. The summed E-state index contributed by atoms with van der Waals surface area (Å²) >= 11 is 0. The summed E-state index contributed by atoms with van der Waals surface area (Å²) in [6.45, 7) is 2.16. The Kier molecular flexibility index (Phi) is 4.13. The summed E-state index contributed by atoms with van der Waals surface area (Å²) in [6.07, 6.45) is 6.42. The number of H-pyrrole nitrogens is 1. The number of carboxylic acid groups (broad SMARTS) is 1. The molecule has 0 saturated heterocycles. The average Bonchev–Trinajstić information content (AvgIpc) is 2.86. The number of imidazole rings is 1. The molecule has 1 aromatic carbocycles. The van der Waals surface area contributed by atoms with Crippen LogP contribution in [0.3, 0.4) is 0 Å². The van der Waals surface area contributed by atoms with Gasteiger partial charge in [-0.25, -0.2) is 9.78 Å². The van der Waals surface area contributed by atoms with Crippen LogP contribution in [0.4, 0.5) is 0 Å². The predicted octanol–water partition coefficient (Wildman–Crippen LogP) is 3.13. The predicted molar refractivity (Wildman–Crippen MR) is 74.7 cm³/mol. The molecule has 19 heavy (non-hydrogen) atoms. The van der Waals surface area contributed by atoms with Crippen molar-refractivity contribution in [3.8, 4) is 11.3 Å². The van der Waals surface area contributed by atoms with Crippen molar-refractivity contribution in [2.45, 2.75) is 19.8 Å². The van der Waals surface area contributed by atoms with Crippen LogP contribution in [0.2, 0.25) is 0 Å². The minimum absolute atomic E-state index is 0.537. The first-order chi connectivity index (χ1) is 9.19.